The van der Waals surface area contributed by atoms with Crippen LogP contribution in [0.15, 0.2) is 6.33 Å². The number of aliphatic hydroxyl groups excluding tert-OH is 3. The molecule has 0 bridgehead atoms. The van der Waals surface area contributed by atoms with Crippen LogP contribution in [-0.2, 0) is 4.74 Å². The van der Waals surface area contributed by atoms with E-state index in [1.807, 2.05) is 0 Å². The first kappa shape index (κ1) is 13.5. The van der Waals surface area contributed by atoms with Crippen molar-refractivity contribution in [3.05, 3.63) is 11.5 Å². The third-order valence-electron chi connectivity index (χ3n) is 3.23. The molecule has 1 fully saturated rings. The first-order valence-electron chi connectivity index (χ1n) is 5.81. The van der Waals surface area contributed by atoms with Gasteiger partial charge in [0.15, 0.2) is 17.0 Å². The van der Waals surface area contributed by atoms with E-state index in [0.717, 1.165) is 0 Å². The summed E-state index contributed by atoms with van der Waals surface area (Å²) in [4.78, 5) is 7.82. The van der Waals surface area contributed by atoms with Crippen LogP contribution in [0.2, 0.25) is 5.15 Å². The summed E-state index contributed by atoms with van der Waals surface area (Å²) in [5.74, 6) is 0.151. The number of rotatable bonds is 2. The number of nitrogens with two attached hydrogens (primary N) is 1. The zero-order valence-electron chi connectivity index (χ0n) is 10.1. The third-order valence-corrected chi connectivity index (χ3v) is 3.50. The van der Waals surface area contributed by atoms with Gasteiger partial charge in [-0.25, -0.2) is 14.6 Å². The SMILES string of the molecule is Nc1ncnc2c1c(Cl)nn2[C@@H]1O[C@H](CO)[C@@H](O)[C@H]1O. The van der Waals surface area contributed by atoms with Crippen LogP contribution in [0.5, 0.6) is 0 Å². The van der Waals surface area contributed by atoms with Crippen LogP contribution in [0.25, 0.3) is 11.0 Å². The Labute approximate surface area is 117 Å². The summed E-state index contributed by atoms with van der Waals surface area (Å²) in [5, 5.41) is 33.2. The molecule has 0 spiro atoms. The minimum Gasteiger partial charge on any atom is -0.394 e. The Morgan fingerprint density at radius 2 is 2.10 bits per heavy atom. The van der Waals surface area contributed by atoms with E-state index in [2.05, 4.69) is 15.1 Å². The highest BCUT2D eigenvalue weighted by Gasteiger charge is 2.44. The van der Waals surface area contributed by atoms with Crippen LogP contribution < -0.4 is 5.73 Å². The number of halogens is 1. The van der Waals surface area contributed by atoms with Gasteiger partial charge in [0, 0.05) is 0 Å². The summed E-state index contributed by atoms with van der Waals surface area (Å²) in [5.41, 5.74) is 5.98. The van der Waals surface area contributed by atoms with Crippen LogP contribution in [0.3, 0.4) is 0 Å². The van der Waals surface area contributed by atoms with Gasteiger partial charge in [-0.1, -0.05) is 11.6 Å². The fraction of sp³-hybridized carbons (Fsp3) is 0.500. The summed E-state index contributed by atoms with van der Waals surface area (Å²) in [7, 11) is 0. The Balaban J connectivity index is 2.10. The largest absolute Gasteiger partial charge is 0.394 e. The first-order chi connectivity index (χ1) is 9.54. The fourth-order valence-electron chi connectivity index (χ4n) is 2.21. The molecule has 20 heavy (non-hydrogen) atoms. The second-order valence-electron chi connectivity index (χ2n) is 4.42. The Hall–Kier alpha value is -1.52. The van der Waals surface area contributed by atoms with Crippen molar-refractivity contribution in [1.82, 2.24) is 19.7 Å². The molecule has 0 radical (unpaired) electrons. The zero-order valence-corrected chi connectivity index (χ0v) is 10.8. The maximum absolute atomic E-state index is 9.99. The van der Waals surface area contributed by atoms with E-state index in [1.54, 1.807) is 0 Å². The van der Waals surface area contributed by atoms with Crippen molar-refractivity contribution >= 4 is 28.5 Å². The van der Waals surface area contributed by atoms with Crippen molar-refractivity contribution in [2.45, 2.75) is 24.5 Å². The van der Waals surface area contributed by atoms with E-state index in [4.69, 9.17) is 27.2 Å². The molecule has 2 aromatic rings. The molecule has 1 saturated heterocycles. The fourth-order valence-corrected chi connectivity index (χ4v) is 2.48. The maximum Gasteiger partial charge on any atom is 0.181 e. The van der Waals surface area contributed by atoms with Crippen LogP contribution >= 0.6 is 11.6 Å². The lowest BCUT2D eigenvalue weighted by Gasteiger charge is -2.15. The average Bonchev–Trinajstić information content (AvgIpc) is 2.90. The normalized spacial score (nSPS) is 30.2. The number of nitrogen functional groups attached to an aromatic ring is 1. The molecule has 4 atom stereocenters. The lowest BCUT2D eigenvalue weighted by Crippen LogP contribution is -2.33. The molecule has 0 aromatic carbocycles. The number of aliphatic hydroxyl groups is 3. The van der Waals surface area contributed by atoms with Gasteiger partial charge in [-0.05, 0) is 0 Å². The van der Waals surface area contributed by atoms with Crippen LogP contribution in [0, 0.1) is 0 Å². The van der Waals surface area contributed by atoms with E-state index in [-0.39, 0.29) is 16.6 Å². The molecule has 5 N–H and O–H groups in total. The lowest BCUT2D eigenvalue weighted by molar-refractivity contribution is -0.0566. The predicted octanol–water partition coefficient (Wildman–Crippen LogP) is -1.33. The smallest absolute Gasteiger partial charge is 0.181 e. The van der Waals surface area contributed by atoms with Gasteiger partial charge in [0.25, 0.3) is 0 Å². The summed E-state index contributed by atoms with van der Waals surface area (Å²) in [6.45, 7) is -0.432. The monoisotopic (exact) mass is 301 g/mol. The van der Waals surface area contributed by atoms with Crippen molar-refractivity contribution in [3.8, 4) is 0 Å². The number of hydrogen-bond donors (Lipinski definition) is 4. The molecule has 2 aromatic heterocycles. The number of anilines is 1. The van der Waals surface area contributed by atoms with Crippen molar-refractivity contribution < 1.29 is 20.1 Å². The summed E-state index contributed by atoms with van der Waals surface area (Å²) in [6, 6.07) is 0. The third kappa shape index (κ3) is 1.83. The summed E-state index contributed by atoms with van der Waals surface area (Å²) >= 11 is 5.97. The Morgan fingerprint density at radius 1 is 1.35 bits per heavy atom. The number of nitrogens with zero attached hydrogens (tertiary/aromatic N) is 4. The second kappa shape index (κ2) is 4.79. The average molecular weight is 302 g/mol. The first-order valence-corrected chi connectivity index (χ1v) is 6.19. The van der Waals surface area contributed by atoms with E-state index in [9.17, 15) is 10.2 Å². The van der Waals surface area contributed by atoms with Gasteiger partial charge >= 0.3 is 0 Å². The zero-order chi connectivity index (χ0) is 14.4. The Morgan fingerprint density at radius 3 is 2.75 bits per heavy atom. The molecule has 1 aliphatic rings. The molecule has 0 saturated carbocycles. The number of hydrogen-bond acceptors (Lipinski definition) is 8. The molecule has 3 rings (SSSR count). The quantitative estimate of drug-likeness (QED) is 0.535. The minimum atomic E-state index is -1.28. The molecular formula is C10H12ClN5O4. The van der Waals surface area contributed by atoms with Gasteiger partial charge in [0.2, 0.25) is 0 Å². The maximum atomic E-state index is 9.99. The molecule has 108 valence electrons. The second-order valence-corrected chi connectivity index (χ2v) is 4.78. The number of fused-ring (bicyclic) bond motifs is 1. The van der Waals surface area contributed by atoms with Gasteiger partial charge in [-0.15, -0.1) is 0 Å². The summed E-state index contributed by atoms with van der Waals surface area (Å²) < 4.78 is 6.59. The molecule has 3 heterocycles. The topological polar surface area (TPSA) is 140 Å². The highest BCUT2D eigenvalue weighted by molar-refractivity contribution is 6.35. The minimum absolute atomic E-state index is 0.0656. The van der Waals surface area contributed by atoms with Crippen molar-refractivity contribution in [1.29, 1.82) is 0 Å². The molecule has 1 aliphatic heterocycles. The van der Waals surface area contributed by atoms with Crippen molar-refractivity contribution in [2.75, 3.05) is 12.3 Å². The van der Waals surface area contributed by atoms with Crippen molar-refractivity contribution in [2.24, 2.45) is 0 Å². The van der Waals surface area contributed by atoms with E-state index >= 15 is 0 Å². The van der Waals surface area contributed by atoms with E-state index in [1.165, 1.54) is 11.0 Å². The van der Waals surface area contributed by atoms with Gasteiger partial charge in [0.05, 0.1) is 6.61 Å². The van der Waals surface area contributed by atoms with Gasteiger partial charge in [-0.3, -0.25) is 0 Å². The molecule has 10 heteroatoms. The van der Waals surface area contributed by atoms with Crippen LogP contribution in [0.4, 0.5) is 5.82 Å². The van der Waals surface area contributed by atoms with Gasteiger partial charge < -0.3 is 25.8 Å². The number of ether oxygens (including phenoxy) is 1. The predicted molar refractivity (Wildman–Crippen MR) is 67.8 cm³/mol. The van der Waals surface area contributed by atoms with E-state index in [0.29, 0.717) is 5.39 Å². The highest BCUT2D eigenvalue weighted by atomic mass is 35.5. The standard InChI is InChI=1S/C10H12ClN5O4/c11-7-4-8(12)13-2-14-9(4)16(15-7)10-6(19)5(18)3(1-17)20-10/h2-3,5-6,10,17-19H,1H2,(H2,12,13,14)/t3-,5-,6-,10-/m1/s1. The van der Waals surface area contributed by atoms with Gasteiger partial charge in [0.1, 0.15) is 35.8 Å². The Bertz CT molecular complexity index is 650. The lowest BCUT2D eigenvalue weighted by atomic mass is 10.1. The van der Waals surface area contributed by atoms with Crippen LogP contribution in [-0.4, -0.2) is 60.0 Å². The molecular weight excluding hydrogens is 290 g/mol. The molecule has 0 amide bonds. The Kier molecular flexibility index (Phi) is 3.22. The van der Waals surface area contributed by atoms with Crippen molar-refractivity contribution in [3.63, 3.8) is 0 Å². The van der Waals surface area contributed by atoms with Gasteiger partial charge in [-0.2, -0.15) is 5.10 Å². The molecule has 0 aliphatic carbocycles. The molecule has 9 nitrogen and oxygen atoms in total. The molecule has 0 unspecified atom stereocenters. The van der Waals surface area contributed by atoms with Crippen LogP contribution in [0.1, 0.15) is 6.23 Å². The number of aromatic nitrogens is 4. The van der Waals surface area contributed by atoms with E-state index < -0.39 is 31.1 Å². The highest BCUT2D eigenvalue weighted by Crippen LogP contribution is 2.34. The summed E-state index contributed by atoms with van der Waals surface area (Å²) in [6.07, 6.45) is -3.21.